The molecule has 19 heavy (non-hydrogen) atoms. The van der Waals surface area contributed by atoms with Gasteiger partial charge in [0, 0.05) is 23.2 Å². The maximum absolute atomic E-state index is 12.2. The van der Waals surface area contributed by atoms with Crippen LogP contribution < -0.4 is 5.32 Å². The zero-order chi connectivity index (χ0) is 13.8. The fourth-order valence-corrected chi connectivity index (χ4v) is 2.12. The van der Waals surface area contributed by atoms with E-state index in [9.17, 15) is 9.59 Å². The molecule has 2 rings (SSSR count). The molecule has 0 radical (unpaired) electrons. The van der Waals surface area contributed by atoms with E-state index < -0.39 is 0 Å². The molecule has 0 unspecified atom stereocenters. The number of hydrogen-bond donors (Lipinski definition) is 1. The van der Waals surface area contributed by atoms with Crippen LogP contribution in [0.3, 0.4) is 0 Å². The number of nitrogens with one attached hydrogen (secondary N) is 1. The van der Waals surface area contributed by atoms with Crippen LogP contribution in [0.5, 0.6) is 0 Å². The molecule has 0 saturated carbocycles. The third kappa shape index (κ3) is 2.30. The Labute approximate surface area is 112 Å². The lowest BCUT2D eigenvalue weighted by Gasteiger charge is -2.04. The van der Waals surface area contributed by atoms with Crippen molar-refractivity contribution in [2.75, 3.05) is 6.54 Å². The standard InChI is InChI=1S/C16H15NO2/c1-3-5-10-17-16(19)14-11(4-2)12-8-6-7-9-13(12)15(14)18/h2,6-9H,3,5,10H2,1H3,(H,17,19). The summed E-state index contributed by atoms with van der Waals surface area (Å²) in [6.07, 6.45) is 7.32. The number of amides is 1. The number of unbranched alkanes of at least 4 members (excludes halogenated alkanes) is 1. The van der Waals surface area contributed by atoms with E-state index in [4.69, 9.17) is 6.42 Å². The molecule has 1 aliphatic carbocycles. The Morgan fingerprint density at radius 1 is 1.32 bits per heavy atom. The summed E-state index contributed by atoms with van der Waals surface area (Å²) in [5.74, 6) is 1.82. The minimum atomic E-state index is -0.373. The predicted octanol–water partition coefficient (Wildman–Crippen LogP) is 2.19. The molecular formula is C16H15NO2. The SMILES string of the molecule is C#CC1=C(C(=O)NCCCC)C(=O)c2ccccc21. The van der Waals surface area contributed by atoms with Crippen LogP contribution >= 0.6 is 0 Å². The minimum absolute atomic E-state index is 0.0970. The Hall–Kier alpha value is -2.34. The molecule has 96 valence electrons. The first-order chi connectivity index (χ1) is 9.20. The van der Waals surface area contributed by atoms with Crippen molar-refractivity contribution in [3.05, 3.63) is 41.0 Å². The lowest BCUT2D eigenvalue weighted by Crippen LogP contribution is -2.28. The van der Waals surface area contributed by atoms with Gasteiger partial charge in [0.05, 0.1) is 0 Å². The molecular weight excluding hydrogens is 238 g/mol. The van der Waals surface area contributed by atoms with E-state index in [-0.39, 0.29) is 17.3 Å². The zero-order valence-electron chi connectivity index (χ0n) is 10.8. The number of carbonyl (C=O) groups excluding carboxylic acids is 2. The van der Waals surface area contributed by atoms with Crippen LogP contribution in [0.15, 0.2) is 29.8 Å². The van der Waals surface area contributed by atoms with E-state index in [0.717, 1.165) is 12.8 Å². The molecule has 1 aliphatic rings. The van der Waals surface area contributed by atoms with Crippen molar-refractivity contribution in [2.24, 2.45) is 0 Å². The third-order valence-electron chi connectivity index (χ3n) is 3.11. The van der Waals surface area contributed by atoms with Gasteiger partial charge in [-0.2, -0.15) is 0 Å². The zero-order valence-corrected chi connectivity index (χ0v) is 10.8. The molecule has 1 aromatic rings. The van der Waals surface area contributed by atoms with Gasteiger partial charge < -0.3 is 5.32 Å². The van der Waals surface area contributed by atoms with Crippen LogP contribution in [0.25, 0.3) is 5.57 Å². The van der Waals surface area contributed by atoms with Crippen LogP contribution in [0.1, 0.15) is 35.7 Å². The first-order valence-corrected chi connectivity index (χ1v) is 6.33. The number of allylic oxidation sites excluding steroid dienone is 1. The van der Waals surface area contributed by atoms with Gasteiger partial charge in [0.15, 0.2) is 0 Å². The molecule has 0 saturated heterocycles. The molecule has 1 aromatic carbocycles. The van der Waals surface area contributed by atoms with Crippen molar-refractivity contribution in [3.8, 4) is 12.3 Å². The Morgan fingerprint density at radius 3 is 2.63 bits per heavy atom. The van der Waals surface area contributed by atoms with Crippen LogP contribution in [-0.2, 0) is 4.79 Å². The lowest BCUT2D eigenvalue weighted by molar-refractivity contribution is -0.117. The molecule has 0 atom stereocenters. The first kappa shape index (κ1) is 13.1. The smallest absolute Gasteiger partial charge is 0.256 e. The molecule has 0 heterocycles. The Balaban J connectivity index is 2.33. The van der Waals surface area contributed by atoms with Gasteiger partial charge in [0.2, 0.25) is 5.78 Å². The van der Waals surface area contributed by atoms with Gasteiger partial charge in [-0.05, 0) is 6.42 Å². The molecule has 0 spiro atoms. The highest BCUT2D eigenvalue weighted by Gasteiger charge is 2.32. The maximum atomic E-state index is 12.2. The second-order valence-corrected chi connectivity index (χ2v) is 4.38. The summed E-state index contributed by atoms with van der Waals surface area (Å²) in [6.45, 7) is 2.59. The summed E-state index contributed by atoms with van der Waals surface area (Å²) in [7, 11) is 0. The van der Waals surface area contributed by atoms with Crippen molar-refractivity contribution in [1.29, 1.82) is 0 Å². The first-order valence-electron chi connectivity index (χ1n) is 6.33. The van der Waals surface area contributed by atoms with Crippen molar-refractivity contribution in [3.63, 3.8) is 0 Å². The molecule has 0 fully saturated rings. The van der Waals surface area contributed by atoms with Crippen LogP contribution in [-0.4, -0.2) is 18.2 Å². The van der Waals surface area contributed by atoms with Gasteiger partial charge in [0.25, 0.3) is 5.91 Å². The Morgan fingerprint density at radius 2 is 2.00 bits per heavy atom. The van der Waals surface area contributed by atoms with E-state index in [0.29, 0.717) is 23.2 Å². The highest BCUT2D eigenvalue weighted by molar-refractivity contribution is 6.36. The summed E-state index contributed by atoms with van der Waals surface area (Å²) in [6, 6.07) is 7.04. The molecule has 0 aromatic heterocycles. The van der Waals surface area contributed by atoms with Crippen molar-refractivity contribution >= 4 is 17.3 Å². The molecule has 0 bridgehead atoms. The van der Waals surface area contributed by atoms with E-state index in [1.165, 1.54) is 0 Å². The quantitative estimate of drug-likeness (QED) is 0.508. The van der Waals surface area contributed by atoms with Crippen LogP contribution in [0.2, 0.25) is 0 Å². The van der Waals surface area contributed by atoms with Gasteiger partial charge in [-0.3, -0.25) is 9.59 Å². The molecule has 1 N–H and O–H groups in total. The van der Waals surface area contributed by atoms with Gasteiger partial charge in [-0.15, -0.1) is 6.42 Å². The average molecular weight is 253 g/mol. The van der Waals surface area contributed by atoms with Gasteiger partial charge in [0.1, 0.15) is 5.57 Å². The van der Waals surface area contributed by atoms with E-state index in [1.807, 2.05) is 6.92 Å². The second kappa shape index (κ2) is 5.53. The topological polar surface area (TPSA) is 46.2 Å². The highest BCUT2D eigenvalue weighted by atomic mass is 16.2. The summed E-state index contributed by atoms with van der Waals surface area (Å²) >= 11 is 0. The Bertz CT molecular complexity index is 605. The normalized spacial score (nSPS) is 13.2. The van der Waals surface area contributed by atoms with Crippen LogP contribution in [0.4, 0.5) is 0 Å². The van der Waals surface area contributed by atoms with E-state index >= 15 is 0 Å². The van der Waals surface area contributed by atoms with Crippen LogP contribution in [0, 0.1) is 12.3 Å². The molecule has 3 nitrogen and oxygen atoms in total. The molecule has 3 heteroatoms. The number of fused-ring (bicyclic) bond motifs is 1. The number of terminal acetylenes is 1. The number of rotatable bonds is 4. The van der Waals surface area contributed by atoms with E-state index in [1.54, 1.807) is 24.3 Å². The minimum Gasteiger partial charge on any atom is -0.352 e. The van der Waals surface area contributed by atoms with Gasteiger partial charge in [-0.1, -0.05) is 43.5 Å². The fraction of sp³-hybridized carbons (Fsp3) is 0.250. The fourth-order valence-electron chi connectivity index (χ4n) is 2.12. The summed E-state index contributed by atoms with van der Waals surface area (Å²) in [5, 5.41) is 2.74. The largest absolute Gasteiger partial charge is 0.352 e. The number of ketones is 1. The number of hydrogen-bond acceptors (Lipinski definition) is 2. The average Bonchev–Trinajstić information content (AvgIpc) is 2.72. The van der Waals surface area contributed by atoms with Crippen molar-refractivity contribution in [2.45, 2.75) is 19.8 Å². The third-order valence-corrected chi connectivity index (χ3v) is 3.11. The molecule has 0 aliphatic heterocycles. The number of benzene rings is 1. The molecule has 1 amide bonds. The predicted molar refractivity (Wildman–Crippen MR) is 74.4 cm³/mol. The lowest BCUT2D eigenvalue weighted by atomic mass is 10.1. The number of Topliss-reactive ketones (excluding diaryl/α,β-unsaturated/α-hetero) is 1. The van der Waals surface area contributed by atoms with E-state index in [2.05, 4.69) is 11.2 Å². The van der Waals surface area contributed by atoms with Crippen molar-refractivity contribution < 1.29 is 9.59 Å². The monoisotopic (exact) mass is 253 g/mol. The summed E-state index contributed by atoms with van der Waals surface area (Å²) in [4.78, 5) is 24.3. The van der Waals surface area contributed by atoms with Gasteiger partial charge in [-0.25, -0.2) is 0 Å². The maximum Gasteiger partial charge on any atom is 0.256 e. The number of carbonyl (C=O) groups is 2. The highest BCUT2D eigenvalue weighted by Crippen LogP contribution is 2.32. The second-order valence-electron chi connectivity index (χ2n) is 4.38. The van der Waals surface area contributed by atoms with Crippen molar-refractivity contribution in [1.82, 2.24) is 5.32 Å². The Kier molecular flexibility index (Phi) is 3.82. The summed E-state index contributed by atoms with van der Waals surface area (Å²) < 4.78 is 0. The summed E-state index contributed by atoms with van der Waals surface area (Å²) in [5.41, 5.74) is 1.68. The van der Waals surface area contributed by atoms with Gasteiger partial charge >= 0.3 is 0 Å².